The minimum Gasteiger partial charge on any atom is -0.393 e. The van der Waals surface area contributed by atoms with Gasteiger partial charge in [0.2, 0.25) is 0 Å². The van der Waals surface area contributed by atoms with Crippen molar-refractivity contribution in [3.63, 3.8) is 0 Å². The normalized spacial score (nSPS) is 25.8. The van der Waals surface area contributed by atoms with Crippen LogP contribution in [0.15, 0.2) is 18.3 Å². The fraction of sp³-hybridized carbons (Fsp3) is 0.583. The van der Waals surface area contributed by atoms with Crippen molar-refractivity contribution in [3.05, 3.63) is 24.0 Å². The Morgan fingerprint density at radius 3 is 3.12 bits per heavy atom. The lowest BCUT2D eigenvalue weighted by Crippen LogP contribution is -2.42. The summed E-state index contributed by atoms with van der Waals surface area (Å²) in [5.41, 5.74) is 7.65. The van der Waals surface area contributed by atoms with Crippen LogP contribution in [0.1, 0.15) is 19.0 Å². The van der Waals surface area contributed by atoms with Crippen LogP contribution in [0.25, 0.3) is 0 Å². The predicted octanol–water partition coefficient (Wildman–Crippen LogP) is 0.747. The summed E-state index contributed by atoms with van der Waals surface area (Å²) < 4.78 is 0. The monoisotopic (exact) mass is 221 g/mol. The third kappa shape index (κ3) is 2.33. The average Bonchev–Trinajstić information content (AvgIpc) is 2.33. The first-order valence-corrected chi connectivity index (χ1v) is 5.78. The van der Waals surface area contributed by atoms with Crippen LogP contribution in [0, 0.1) is 5.92 Å². The van der Waals surface area contributed by atoms with Gasteiger partial charge in [0, 0.05) is 31.5 Å². The Kier molecular flexibility index (Phi) is 3.41. The zero-order chi connectivity index (χ0) is 11.5. The van der Waals surface area contributed by atoms with Gasteiger partial charge in [-0.3, -0.25) is 4.98 Å². The first-order valence-electron chi connectivity index (χ1n) is 5.78. The quantitative estimate of drug-likeness (QED) is 0.773. The number of aliphatic hydroxyl groups excluding tert-OH is 1. The van der Waals surface area contributed by atoms with Crippen LogP contribution in [0.2, 0.25) is 0 Å². The molecule has 1 aromatic rings. The third-order valence-electron chi connectivity index (χ3n) is 3.23. The molecule has 1 aliphatic heterocycles. The molecule has 0 spiro atoms. The number of anilines is 1. The highest BCUT2D eigenvalue weighted by atomic mass is 16.3. The van der Waals surface area contributed by atoms with Crippen molar-refractivity contribution < 1.29 is 5.11 Å². The van der Waals surface area contributed by atoms with Crippen molar-refractivity contribution in [2.75, 3.05) is 18.0 Å². The molecule has 0 aliphatic carbocycles. The Bertz CT molecular complexity index is 356. The minimum atomic E-state index is -0.160. The van der Waals surface area contributed by atoms with Crippen LogP contribution < -0.4 is 10.6 Å². The van der Waals surface area contributed by atoms with Gasteiger partial charge in [-0.15, -0.1) is 0 Å². The third-order valence-corrected chi connectivity index (χ3v) is 3.23. The second-order valence-corrected chi connectivity index (χ2v) is 4.49. The Hall–Kier alpha value is -1.13. The smallest absolute Gasteiger partial charge is 0.0599 e. The maximum atomic E-state index is 9.68. The maximum Gasteiger partial charge on any atom is 0.0599 e. The van der Waals surface area contributed by atoms with Crippen molar-refractivity contribution in [1.29, 1.82) is 0 Å². The van der Waals surface area contributed by atoms with Crippen LogP contribution >= 0.6 is 0 Å². The molecule has 0 saturated carbocycles. The topological polar surface area (TPSA) is 62.4 Å². The summed E-state index contributed by atoms with van der Waals surface area (Å²) in [5, 5.41) is 9.68. The van der Waals surface area contributed by atoms with Crippen molar-refractivity contribution in [2.24, 2.45) is 11.7 Å². The molecule has 0 amide bonds. The van der Waals surface area contributed by atoms with E-state index in [1.165, 1.54) is 0 Å². The lowest BCUT2D eigenvalue weighted by atomic mass is 9.96. The summed E-state index contributed by atoms with van der Waals surface area (Å²) in [4.78, 5) is 6.48. The number of aromatic nitrogens is 1. The van der Waals surface area contributed by atoms with Gasteiger partial charge >= 0.3 is 0 Å². The van der Waals surface area contributed by atoms with Gasteiger partial charge in [-0.2, -0.15) is 0 Å². The Labute approximate surface area is 96.1 Å². The fourth-order valence-electron chi connectivity index (χ4n) is 2.14. The lowest BCUT2D eigenvalue weighted by molar-refractivity contribution is 0.0971. The number of rotatable bonds is 2. The highest BCUT2D eigenvalue weighted by Crippen LogP contribution is 2.23. The molecule has 88 valence electrons. The zero-order valence-electron chi connectivity index (χ0n) is 9.63. The Balaban J connectivity index is 2.12. The highest BCUT2D eigenvalue weighted by molar-refractivity contribution is 5.47. The molecule has 0 aromatic carbocycles. The van der Waals surface area contributed by atoms with Crippen LogP contribution in [-0.4, -0.2) is 29.3 Å². The van der Waals surface area contributed by atoms with Gasteiger partial charge in [-0.1, -0.05) is 6.92 Å². The van der Waals surface area contributed by atoms with E-state index in [0.717, 1.165) is 30.9 Å². The second kappa shape index (κ2) is 4.80. The average molecular weight is 221 g/mol. The van der Waals surface area contributed by atoms with Crippen LogP contribution in [0.3, 0.4) is 0 Å². The summed E-state index contributed by atoms with van der Waals surface area (Å²) in [6, 6.07) is 4.04. The van der Waals surface area contributed by atoms with Gasteiger partial charge < -0.3 is 15.7 Å². The van der Waals surface area contributed by atoms with Crippen LogP contribution in [0.5, 0.6) is 0 Å². The molecule has 0 radical (unpaired) electrons. The van der Waals surface area contributed by atoms with E-state index in [9.17, 15) is 5.11 Å². The summed E-state index contributed by atoms with van der Waals surface area (Å²) in [5.74, 6) is 0.322. The highest BCUT2D eigenvalue weighted by Gasteiger charge is 2.24. The Morgan fingerprint density at radius 1 is 1.62 bits per heavy atom. The molecule has 2 atom stereocenters. The van der Waals surface area contributed by atoms with Gasteiger partial charge in [0.15, 0.2) is 0 Å². The van der Waals surface area contributed by atoms with Gasteiger partial charge in [0.1, 0.15) is 0 Å². The van der Waals surface area contributed by atoms with E-state index in [1.54, 1.807) is 6.20 Å². The first-order chi connectivity index (χ1) is 7.70. The lowest BCUT2D eigenvalue weighted by Gasteiger charge is -2.36. The number of hydrogen-bond donors (Lipinski definition) is 2. The molecule has 1 fully saturated rings. The molecule has 16 heavy (non-hydrogen) atoms. The molecule has 3 N–H and O–H groups in total. The molecule has 4 nitrogen and oxygen atoms in total. The summed E-state index contributed by atoms with van der Waals surface area (Å²) in [6.45, 7) is 4.36. The molecule has 1 aliphatic rings. The zero-order valence-corrected chi connectivity index (χ0v) is 9.63. The molecule has 0 bridgehead atoms. The van der Waals surface area contributed by atoms with Gasteiger partial charge in [-0.05, 0) is 24.5 Å². The Morgan fingerprint density at radius 2 is 2.44 bits per heavy atom. The van der Waals surface area contributed by atoms with Crippen molar-refractivity contribution in [3.8, 4) is 0 Å². The van der Waals surface area contributed by atoms with E-state index in [4.69, 9.17) is 5.73 Å². The molecule has 1 saturated heterocycles. The molecule has 2 rings (SSSR count). The minimum absolute atomic E-state index is 0.160. The van der Waals surface area contributed by atoms with E-state index < -0.39 is 0 Å². The standard InChI is InChI=1S/C12H19N3O/c1-9-8-15(5-3-12(9)16)11-2-4-14-10(6-11)7-13/h2,4,6,9,12,16H,3,5,7-8,13H2,1H3. The molecule has 2 heterocycles. The largest absolute Gasteiger partial charge is 0.393 e. The fourth-order valence-corrected chi connectivity index (χ4v) is 2.14. The van der Waals surface area contributed by atoms with E-state index in [-0.39, 0.29) is 6.10 Å². The molecular formula is C12H19N3O. The number of hydrogen-bond acceptors (Lipinski definition) is 4. The van der Waals surface area contributed by atoms with Gasteiger partial charge in [0.25, 0.3) is 0 Å². The van der Waals surface area contributed by atoms with E-state index in [1.807, 2.05) is 12.1 Å². The predicted molar refractivity (Wildman–Crippen MR) is 64.1 cm³/mol. The maximum absolute atomic E-state index is 9.68. The number of piperidine rings is 1. The number of nitrogens with zero attached hydrogens (tertiary/aromatic N) is 2. The van der Waals surface area contributed by atoms with Gasteiger partial charge in [0.05, 0.1) is 11.8 Å². The van der Waals surface area contributed by atoms with Crippen molar-refractivity contribution >= 4 is 5.69 Å². The molecule has 4 heteroatoms. The SMILES string of the molecule is CC1CN(c2ccnc(CN)c2)CCC1O. The van der Waals surface area contributed by atoms with E-state index in [2.05, 4.69) is 16.8 Å². The van der Waals surface area contributed by atoms with Crippen molar-refractivity contribution in [2.45, 2.75) is 26.0 Å². The van der Waals surface area contributed by atoms with Crippen LogP contribution in [0.4, 0.5) is 5.69 Å². The van der Waals surface area contributed by atoms with Crippen molar-refractivity contribution in [1.82, 2.24) is 4.98 Å². The second-order valence-electron chi connectivity index (χ2n) is 4.49. The molecule has 1 aromatic heterocycles. The van der Waals surface area contributed by atoms with E-state index >= 15 is 0 Å². The van der Waals surface area contributed by atoms with E-state index in [0.29, 0.717) is 12.5 Å². The summed E-state index contributed by atoms with van der Waals surface area (Å²) >= 11 is 0. The number of nitrogens with two attached hydrogens (primary N) is 1. The molecular weight excluding hydrogens is 202 g/mol. The van der Waals surface area contributed by atoms with Gasteiger partial charge in [-0.25, -0.2) is 0 Å². The molecule has 2 unspecified atom stereocenters. The summed E-state index contributed by atoms with van der Waals surface area (Å²) in [7, 11) is 0. The number of aliphatic hydroxyl groups is 1. The number of pyridine rings is 1. The van der Waals surface area contributed by atoms with Crippen LogP contribution in [-0.2, 0) is 6.54 Å². The first kappa shape index (κ1) is 11.4. The summed E-state index contributed by atoms with van der Waals surface area (Å²) in [6.07, 6.45) is 2.47.